The number of para-hydroxylation sites is 1. The molecule has 3 rings (SSSR count). The van der Waals surface area contributed by atoms with Gasteiger partial charge in [-0.25, -0.2) is 9.07 Å². The van der Waals surface area contributed by atoms with Gasteiger partial charge in [-0.15, -0.1) is 5.10 Å². The topological polar surface area (TPSA) is 56.7 Å². The number of halogens is 1. The van der Waals surface area contributed by atoms with Crippen molar-refractivity contribution in [1.82, 2.24) is 15.0 Å². The van der Waals surface area contributed by atoms with Crippen molar-refractivity contribution >= 4 is 11.0 Å². The molecule has 1 atom stereocenters. The summed E-state index contributed by atoms with van der Waals surface area (Å²) < 4.78 is 15.6. The van der Waals surface area contributed by atoms with E-state index in [1.807, 2.05) is 24.3 Å². The van der Waals surface area contributed by atoms with Gasteiger partial charge in [-0.2, -0.15) is 0 Å². The second kappa shape index (κ2) is 4.44. The standard InChI is InChI=1S/C14H13FN4/c1-9(16)14-10(15)5-4-8-13(14)19-12-7-3-2-6-11(12)17-18-19/h2-9H,16H2,1H3. The third-order valence-electron chi connectivity index (χ3n) is 3.07. The Morgan fingerprint density at radius 3 is 2.74 bits per heavy atom. The summed E-state index contributed by atoms with van der Waals surface area (Å²) >= 11 is 0. The first-order valence-electron chi connectivity index (χ1n) is 6.03. The molecule has 1 unspecified atom stereocenters. The molecule has 4 nitrogen and oxygen atoms in total. The van der Waals surface area contributed by atoms with Crippen molar-refractivity contribution in [3.05, 3.63) is 53.8 Å². The molecule has 0 spiro atoms. The minimum atomic E-state index is -0.417. The molecular weight excluding hydrogens is 243 g/mol. The summed E-state index contributed by atoms with van der Waals surface area (Å²) in [4.78, 5) is 0. The lowest BCUT2D eigenvalue weighted by molar-refractivity contribution is 0.589. The number of aromatic nitrogens is 3. The fourth-order valence-electron chi connectivity index (χ4n) is 2.21. The Balaban J connectivity index is 2.30. The Morgan fingerprint density at radius 1 is 1.16 bits per heavy atom. The van der Waals surface area contributed by atoms with Gasteiger partial charge in [0.15, 0.2) is 0 Å². The van der Waals surface area contributed by atoms with Gasteiger partial charge in [-0.05, 0) is 31.2 Å². The zero-order valence-electron chi connectivity index (χ0n) is 10.4. The van der Waals surface area contributed by atoms with E-state index >= 15 is 0 Å². The quantitative estimate of drug-likeness (QED) is 0.766. The van der Waals surface area contributed by atoms with Gasteiger partial charge in [0.05, 0.1) is 11.2 Å². The van der Waals surface area contributed by atoms with Crippen LogP contribution in [0.15, 0.2) is 42.5 Å². The molecule has 0 saturated heterocycles. The Morgan fingerprint density at radius 2 is 1.95 bits per heavy atom. The molecule has 0 bridgehead atoms. The lowest BCUT2D eigenvalue weighted by Crippen LogP contribution is -2.13. The third-order valence-corrected chi connectivity index (χ3v) is 3.07. The summed E-state index contributed by atoms with van der Waals surface area (Å²) in [7, 11) is 0. The minimum absolute atomic E-state index is 0.327. The molecule has 2 N–H and O–H groups in total. The Kier molecular flexibility index (Phi) is 2.76. The van der Waals surface area contributed by atoms with Gasteiger partial charge in [0.2, 0.25) is 0 Å². The molecule has 0 fully saturated rings. The molecule has 0 aliphatic carbocycles. The number of benzene rings is 2. The summed E-state index contributed by atoms with van der Waals surface area (Å²) in [5, 5.41) is 8.17. The monoisotopic (exact) mass is 256 g/mol. The lowest BCUT2D eigenvalue weighted by atomic mass is 10.1. The molecule has 0 amide bonds. The summed E-state index contributed by atoms with van der Waals surface area (Å²) in [6, 6.07) is 12.0. The molecule has 0 aliphatic rings. The highest BCUT2D eigenvalue weighted by Crippen LogP contribution is 2.25. The van der Waals surface area contributed by atoms with Crippen molar-refractivity contribution in [2.75, 3.05) is 0 Å². The zero-order valence-corrected chi connectivity index (χ0v) is 10.4. The first-order chi connectivity index (χ1) is 9.18. The van der Waals surface area contributed by atoms with Gasteiger partial charge in [-0.1, -0.05) is 23.4 Å². The van der Waals surface area contributed by atoms with Crippen LogP contribution in [0.1, 0.15) is 18.5 Å². The highest BCUT2D eigenvalue weighted by Gasteiger charge is 2.16. The predicted molar refractivity (Wildman–Crippen MR) is 71.4 cm³/mol. The van der Waals surface area contributed by atoms with Gasteiger partial charge < -0.3 is 5.73 Å². The van der Waals surface area contributed by atoms with E-state index in [9.17, 15) is 4.39 Å². The minimum Gasteiger partial charge on any atom is -0.324 e. The molecule has 1 aromatic heterocycles. The fraction of sp³-hybridized carbons (Fsp3) is 0.143. The number of nitrogens with zero attached hydrogens (tertiary/aromatic N) is 3. The maximum absolute atomic E-state index is 14.0. The van der Waals surface area contributed by atoms with E-state index in [0.29, 0.717) is 11.3 Å². The summed E-state index contributed by atoms with van der Waals surface area (Å²) in [6.45, 7) is 1.75. The van der Waals surface area contributed by atoms with Crippen molar-refractivity contribution < 1.29 is 4.39 Å². The highest BCUT2D eigenvalue weighted by atomic mass is 19.1. The maximum atomic E-state index is 14.0. The normalized spacial score (nSPS) is 12.8. The van der Waals surface area contributed by atoms with Gasteiger partial charge in [0.25, 0.3) is 0 Å². The van der Waals surface area contributed by atoms with Crippen molar-refractivity contribution in [1.29, 1.82) is 0 Å². The van der Waals surface area contributed by atoms with Crippen LogP contribution in [-0.4, -0.2) is 15.0 Å². The molecule has 19 heavy (non-hydrogen) atoms. The van der Waals surface area contributed by atoms with E-state index in [1.54, 1.807) is 23.7 Å². The average Bonchev–Trinajstić information content (AvgIpc) is 2.81. The molecule has 0 radical (unpaired) electrons. The van der Waals surface area contributed by atoms with Crippen LogP contribution in [0, 0.1) is 5.82 Å². The first kappa shape index (κ1) is 11.8. The van der Waals surface area contributed by atoms with Crippen LogP contribution in [0.4, 0.5) is 4.39 Å². The van der Waals surface area contributed by atoms with Crippen molar-refractivity contribution in [3.63, 3.8) is 0 Å². The fourth-order valence-corrected chi connectivity index (χ4v) is 2.21. The van der Waals surface area contributed by atoms with E-state index in [1.165, 1.54) is 6.07 Å². The molecule has 5 heteroatoms. The molecule has 0 aliphatic heterocycles. The molecule has 2 aromatic carbocycles. The second-order valence-corrected chi connectivity index (χ2v) is 4.45. The largest absolute Gasteiger partial charge is 0.324 e. The number of hydrogen-bond acceptors (Lipinski definition) is 3. The Hall–Kier alpha value is -2.27. The molecule has 1 heterocycles. The maximum Gasteiger partial charge on any atom is 0.130 e. The van der Waals surface area contributed by atoms with Gasteiger partial charge in [0, 0.05) is 11.6 Å². The smallest absolute Gasteiger partial charge is 0.130 e. The van der Waals surface area contributed by atoms with Gasteiger partial charge >= 0.3 is 0 Å². The van der Waals surface area contributed by atoms with E-state index in [4.69, 9.17) is 5.73 Å². The zero-order chi connectivity index (χ0) is 13.4. The summed E-state index contributed by atoms with van der Waals surface area (Å²) in [5.41, 5.74) is 8.53. The number of nitrogens with two attached hydrogens (primary N) is 1. The lowest BCUT2D eigenvalue weighted by Gasteiger charge is -2.13. The van der Waals surface area contributed by atoms with Crippen LogP contribution in [0.2, 0.25) is 0 Å². The van der Waals surface area contributed by atoms with Crippen LogP contribution in [-0.2, 0) is 0 Å². The highest BCUT2D eigenvalue weighted by molar-refractivity contribution is 5.76. The van der Waals surface area contributed by atoms with Crippen LogP contribution < -0.4 is 5.73 Å². The van der Waals surface area contributed by atoms with E-state index < -0.39 is 6.04 Å². The van der Waals surface area contributed by atoms with Crippen LogP contribution in [0.25, 0.3) is 16.7 Å². The van der Waals surface area contributed by atoms with Crippen LogP contribution in [0.3, 0.4) is 0 Å². The van der Waals surface area contributed by atoms with E-state index in [0.717, 1.165) is 11.0 Å². The van der Waals surface area contributed by atoms with Crippen molar-refractivity contribution in [2.45, 2.75) is 13.0 Å². The number of hydrogen-bond donors (Lipinski definition) is 1. The van der Waals surface area contributed by atoms with Crippen LogP contribution in [0.5, 0.6) is 0 Å². The molecule has 3 aromatic rings. The third kappa shape index (κ3) is 1.88. The van der Waals surface area contributed by atoms with Crippen molar-refractivity contribution in [3.8, 4) is 5.69 Å². The van der Waals surface area contributed by atoms with Crippen LogP contribution >= 0.6 is 0 Å². The molecule has 96 valence electrons. The average molecular weight is 256 g/mol. The van der Waals surface area contributed by atoms with Crippen molar-refractivity contribution in [2.24, 2.45) is 5.73 Å². The Labute approximate surface area is 109 Å². The summed E-state index contributed by atoms with van der Waals surface area (Å²) in [5.74, 6) is -0.327. The van der Waals surface area contributed by atoms with E-state index in [-0.39, 0.29) is 5.82 Å². The molecular formula is C14H13FN4. The number of rotatable bonds is 2. The second-order valence-electron chi connectivity index (χ2n) is 4.45. The first-order valence-corrected chi connectivity index (χ1v) is 6.03. The van der Waals surface area contributed by atoms with Gasteiger partial charge in [-0.3, -0.25) is 0 Å². The number of fused-ring (bicyclic) bond motifs is 1. The SMILES string of the molecule is CC(N)c1c(F)cccc1-n1nnc2ccccc21. The van der Waals surface area contributed by atoms with E-state index in [2.05, 4.69) is 10.3 Å². The molecule has 0 saturated carbocycles. The van der Waals surface area contributed by atoms with Gasteiger partial charge in [0.1, 0.15) is 11.3 Å². The predicted octanol–water partition coefficient (Wildman–Crippen LogP) is 2.58. The summed E-state index contributed by atoms with van der Waals surface area (Å²) in [6.07, 6.45) is 0. The Bertz CT molecular complexity index is 733.